The lowest BCUT2D eigenvalue weighted by Gasteiger charge is -2.19. The molecule has 5 rings (SSSR count). The summed E-state index contributed by atoms with van der Waals surface area (Å²) in [5.41, 5.74) is 5.66. The molecule has 0 aliphatic heterocycles. The topological polar surface area (TPSA) is 31.2 Å². The molecule has 1 aliphatic rings. The summed E-state index contributed by atoms with van der Waals surface area (Å²) in [7, 11) is 2.01. The van der Waals surface area contributed by atoms with Crippen LogP contribution in [0.4, 0.5) is 0 Å². The molecule has 0 bridgehead atoms. The SMILES string of the molecule is Cc1ccc(Oc2ccc3c4c(cn3C)-c3ccccc3C(=O)c24)cc1. The molecule has 0 saturated heterocycles. The fraction of sp³-hybridized carbons (Fsp3) is 0.0870. The molecule has 0 saturated carbocycles. The number of rotatable bonds is 2. The van der Waals surface area contributed by atoms with Gasteiger partial charge in [0, 0.05) is 35.3 Å². The molecule has 0 spiro atoms. The van der Waals surface area contributed by atoms with Crippen molar-refractivity contribution < 1.29 is 9.53 Å². The van der Waals surface area contributed by atoms with Crippen LogP contribution in [0.5, 0.6) is 11.5 Å². The van der Waals surface area contributed by atoms with Crippen molar-refractivity contribution in [1.82, 2.24) is 4.57 Å². The van der Waals surface area contributed by atoms with Crippen LogP contribution in [0.25, 0.3) is 22.0 Å². The first kappa shape index (κ1) is 15.0. The van der Waals surface area contributed by atoms with E-state index in [1.165, 1.54) is 5.56 Å². The number of hydrogen-bond acceptors (Lipinski definition) is 2. The van der Waals surface area contributed by atoms with Crippen LogP contribution in [0, 0.1) is 6.92 Å². The number of carbonyl (C=O) groups is 1. The standard InChI is InChI=1S/C23H17NO2/c1-14-7-9-15(10-8-14)26-20-12-11-19-21-18(13-24(19)2)16-5-3-4-6-17(16)23(25)22(20)21/h3-13H,1-2H3. The van der Waals surface area contributed by atoms with Gasteiger partial charge in [-0.15, -0.1) is 0 Å². The Labute approximate surface area is 151 Å². The third kappa shape index (κ3) is 2.04. The highest BCUT2D eigenvalue weighted by atomic mass is 16.5. The number of aryl methyl sites for hydroxylation is 2. The molecule has 3 heteroatoms. The van der Waals surface area contributed by atoms with Crippen LogP contribution in [0.2, 0.25) is 0 Å². The van der Waals surface area contributed by atoms with Gasteiger partial charge in [-0.1, -0.05) is 42.0 Å². The van der Waals surface area contributed by atoms with Gasteiger partial charge in [0.15, 0.2) is 5.78 Å². The minimum atomic E-state index is 0.0204. The van der Waals surface area contributed by atoms with Gasteiger partial charge in [0.1, 0.15) is 11.5 Å². The number of aromatic nitrogens is 1. The van der Waals surface area contributed by atoms with E-state index in [1.54, 1.807) is 0 Å². The summed E-state index contributed by atoms with van der Waals surface area (Å²) in [5, 5.41) is 0.973. The zero-order chi connectivity index (χ0) is 17.8. The van der Waals surface area contributed by atoms with E-state index < -0.39 is 0 Å². The van der Waals surface area contributed by atoms with Crippen LogP contribution < -0.4 is 4.74 Å². The second kappa shape index (κ2) is 5.33. The Balaban J connectivity index is 1.78. The summed E-state index contributed by atoms with van der Waals surface area (Å²) >= 11 is 0. The number of benzene rings is 3. The van der Waals surface area contributed by atoms with Crippen molar-refractivity contribution in [2.75, 3.05) is 0 Å². The van der Waals surface area contributed by atoms with E-state index in [4.69, 9.17) is 4.74 Å². The first-order valence-electron chi connectivity index (χ1n) is 8.64. The minimum Gasteiger partial charge on any atom is -0.457 e. The van der Waals surface area contributed by atoms with Crippen molar-refractivity contribution in [1.29, 1.82) is 0 Å². The molecule has 4 aromatic rings. The highest BCUT2D eigenvalue weighted by molar-refractivity contribution is 6.27. The van der Waals surface area contributed by atoms with E-state index in [0.717, 1.165) is 33.3 Å². The second-order valence-electron chi connectivity index (χ2n) is 6.78. The lowest BCUT2D eigenvalue weighted by Crippen LogP contribution is -2.10. The van der Waals surface area contributed by atoms with Gasteiger partial charge in [-0.2, -0.15) is 0 Å². The van der Waals surface area contributed by atoms with Gasteiger partial charge >= 0.3 is 0 Å². The Hall–Kier alpha value is -3.33. The Morgan fingerprint density at radius 1 is 0.846 bits per heavy atom. The van der Waals surface area contributed by atoms with Crippen molar-refractivity contribution >= 4 is 16.7 Å². The van der Waals surface area contributed by atoms with Crippen LogP contribution in [-0.4, -0.2) is 10.4 Å². The van der Waals surface area contributed by atoms with Crippen molar-refractivity contribution in [2.24, 2.45) is 7.05 Å². The van der Waals surface area contributed by atoms with Crippen molar-refractivity contribution in [3.8, 4) is 22.6 Å². The van der Waals surface area contributed by atoms with E-state index in [0.29, 0.717) is 11.3 Å². The fourth-order valence-corrected chi connectivity index (χ4v) is 3.77. The number of hydrogen-bond donors (Lipinski definition) is 0. The third-order valence-corrected chi connectivity index (χ3v) is 5.05. The Morgan fingerprint density at radius 2 is 1.58 bits per heavy atom. The normalized spacial score (nSPS) is 12.3. The molecule has 0 amide bonds. The maximum atomic E-state index is 13.3. The Bertz CT molecular complexity index is 1180. The van der Waals surface area contributed by atoms with Crippen molar-refractivity contribution in [2.45, 2.75) is 6.92 Å². The zero-order valence-electron chi connectivity index (χ0n) is 14.6. The molecule has 0 N–H and O–H groups in total. The van der Waals surface area contributed by atoms with Crippen LogP contribution in [0.3, 0.4) is 0 Å². The summed E-state index contributed by atoms with van der Waals surface area (Å²) in [4.78, 5) is 13.3. The second-order valence-corrected chi connectivity index (χ2v) is 6.78. The summed E-state index contributed by atoms with van der Waals surface area (Å²) in [6, 6.07) is 19.6. The predicted octanol–water partition coefficient (Wildman–Crippen LogP) is 5.49. The molecular weight excluding hydrogens is 322 g/mol. The molecule has 26 heavy (non-hydrogen) atoms. The molecule has 3 nitrogen and oxygen atoms in total. The van der Waals surface area contributed by atoms with E-state index in [9.17, 15) is 4.79 Å². The number of nitrogens with zero attached hydrogens (tertiary/aromatic N) is 1. The first-order chi connectivity index (χ1) is 12.6. The maximum absolute atomic E-state index is 13.3. The van der Waals surface area contributed by atoms with E-state index in [1.807, 2.05) is 74.6 Å². The van der Waals surface area contributed by atoms with Gasteiger partial charge in [0.05, 0.1) is 5.56 Å². The molecule has 1 aromatic heterocycles. The molecule has 1 aliphatic carbocycles. The van der Waals surface area contributed by atoms with Gasteiger partial charge in [0.25, 0.3) is 0 Å². The maximum Gasteiger partial charge on any atom is 0.198 e. The average Bonchev–Trinajstić information content (AvgIpc) is 2.99. The number of ketones is 1. The highest BCUT2D eigenvalue weighted by Gasteiger charge is 2.30. The van der Waals surface area contributed by atoms with Gasteiger partial charge in [-0.25, -0.2) is 0 Å². The van der Waals surface area contributed by atoms with Gasteiger partial charge in [0.2, 0.25) is 0 Å². The van der Waals surface area contributed by atoms with Crippen molar-refractivity contribution in [3.63, 3.8) is 0 Å². The third-order valence-electron chi connectivity index (χ3n) is 5.05. The molecule has 0 atom stereocenters. The van der Waals surface area contributed by atoms with Crippen LogP contribution in [-0.2, 0) is 7.05 Å². The molecule has 3 aromatic carbocycles. The monoisotopic (exact) mass is 339 g/mol. The molecule has 0 unspecified atom stereocenters. The molecule has 0 radical (unpaired) electrons. The molecular formula is C23H17NO2. The van der Waals surface area contributed by atoms with Crippen LogP contribution in [0.15, 0.2) is 66.9 Å². The lowest BCUT2D eigenvalue weighted by molar-refractivity contribution is 0.103. The summed E-state index contributed by atoms with van der Waals surface area (Å²) in [6.07, 6.45) is 2.09. The predicted molar refractivity (Wildman–Crippen MR) is 103 cm³/mol. The lowest BCUT2D eigenvalue weighted by atomic mass is 9.85. The summed E-state index contributed by atoms with van der Waals surface area (Å²) < 4.78 is 8.19. The van der Waals surface area contributed by atoms with Gasteiger partial charge in [-0.05, 0) is 36.8 Å². The summed E-state index contributed by atoms with van der Waals surface area (Å²) in [5.74, 6) is 1.36. The van der Waals surface area contributed by atoms with E-state index >= 15 is 0 Å². The Morgan fingerprint density at radius 3 is 2.35 bits per heavy atom. The molecule has 0 fully saturated rings. The number of carbonyl (C=O) groups excluding carboxylic acids is 1. The molecule has 126 valence electrons. The Kier molecular flexibility index (Phi) is 3.07. The quantitative estimate of drug-likeness (QED) is 0.426. The smallest absolute Gasteiger partial charge is 0.198 e. The van der Waals surface area contributed by atoms with Gasteiger partial charge < -0.3 is 9.30 Å². The average molecular weight is 339 g/mol. The van der Waals surface area contributed by atoms with E-state index in [2.05, 4.69) is 10.8 Å². The van der Waals surface area contributed by atoms with Gasteiger partial charge in [-0.3, -0.25) is 4.79 Å². The van der Waals surface area contributed by atoms with Crippen LogP contribution in [0.1, 0.15) is 21.5 Å². The highest BCUT2D eigenvalue weighted by Crippen LogP contribution is 2.44. The number of ether oxygens (including phenoxy) is 1. The number of fused-ring (bicyclic) bond motifs is 2. The van der Waals surface area contributed by atoms with E-state index in [-0.39, 0.29) is 5.78 Å². The molecule has 1 heterocycles. The summed E-state index contributed by atoms with van der Waals surface area (Å²) in [6.45, 7) is 2.04. The largest absolute Gasteiger partial charge is 0.457 e. The fourth-order valence-electron chi connectivity index (χ4n) is 3.77. The zero-order valence-corrected chi connectivity index (χ0v) is 14.6. The minimum absolute atomic E-state index is 0.0204. The first-order valence-corrected chi connectivity index (χ1v) is 8.64. The van der Waals surface area contributed by atoms with Crippen LogP contribution >= 0.6 is 0 Å². The van der Waals surface area contributed by atoms with Crippen molar-refractivity contribution in [3.05, 3.63) is 83.6 Å².